The Morgan fingerprint density at radius 1 is 0.323 bits per heavy atom. The second-order valence-electron chi connectivity index (χ2n) is 16.1. The van der Waals surface area contributed by atoms with Gasteiger partial charge >= 0.3 is 0 Å². The number of imide groups is 2. The molecule has 11 aromatic rings. The van der Waals surface area contributed by atoms with Gasteiger partial charge in [0.2, 0.25) is 0 Å². The van der Waals surface area contributed by atoms with Gasteiger partial charge in [-0.2, -0.15) is 10.5 Å². The molecule has 0 aromatic heterocycles. The summed E-state index contributed by atoms with van der Waals surface area (Å²) in [4.78, 5) is 60.9. The first-order valence-corrected chi connectivity index (χ1v) is 20.0. The number of nitriles is 2. The maximum Gasteiger partial charge on any atom is 0.266 e. The van der Waals surface area contributed by atoms with Crippen LogP contribution >= 0.6 is 0 Å². The minimum atomic E-state index is -0.587. The van der Waals surface area contributed by atoms with Crippen molar-refractivity contribution in [1.29, 1.82) is 10.5 Å². The van der Waals surface area contributed by atoms with Gasteiger partial charge in [-0.1, -0.05) is 72.8 Å². The molecule has 0 bridgehead atoms. The minimum absolute atomic E-state index is 0.160. The highest BCUT2D eigenvalue weighted by molar-refractivity contribution is 6.46. The van der Waals surface area contributed by atoms with E-state index in [0.717, 1.165) is 48.0 Å². The number of rotatable bonds is 2. The molecule has 0 unspecified atom stereocenters. The molecular formula is C54H24N4O4. The minimum Gasteiger partial charge on any atom is -0.268 e. The summed E-state index contributed by atoms with van der Waals surface area (Å²) in [5, 5.41) is 33.2. The highest BCUT2D eigenvalue weighted by Gasteiger charge is 2.39. The summed E-state index contributed by atoms with van der Waals surface area (Å²) < 4.78 is 0. The van der Waals surface area contributed by atoms with Crippen LogP contribution in [0.5, 0.6) is 0 Å². The summed E-state index contributed by atoms with van der Waals surface area (Å²) in [6.45, 7) is 0. The Balaban J connectivity index is 1.02. The predicted molar refractivity (Wildman–Crippen MR) is 242 cm³/mol. The van der Waals surface area contributed by atoms with Crippen molar-refractivity contribution in [2.24, 2.45) is 0 Å². The number of hydrogen-bond donors (Lipinski definition) is 0. The fraction of sp³-hybridized carbons (Fsp3) is 0. The quantitative estimate of drug-likeness (QED) is 0.0975. The molecule has 0 N–H and O–H groups in total. The number of hydrogen-bond acceptors (Lipinski definition) is 6. The van der Waals surface area contributed by atoms with Crippen LogP contribution in [0.15, 0.2) is 146 Å². The van der Waals surface area contributed by atoms with Crippen molar-refractivity contribution in [3.63, 3.8) is 0 Å². The van der Waals surface area contributed by atoms with Crippen molar-refractivity contribution in [1.82, 2.24) is 0 Å². The van der Waals surface area contributed by atoms with E-state index in [1.165, 1.54) is 17.0 Å². The molecule has 11 aromatic carbocycles. The molecule has 0 fully saturated rings. The number of carbonyl (C=O) groups excluding carboxylic acids is 4. The normalized spacial score (nSPS) is 13.8. The molecule has 2 aliphatic heterocycles. The first kappa shape index (κ1) is 33.9. The fourth-order valence-corrected chi connectivity index (χ4v) is 10.2. The smallest absolute Gasteiger partial charge is 0.266 e. The maximum atomic E-state index is 14.7. The van der Waals surface area contributed by atoms with E-state index in [9.17, 15) is 29.7 Å². The lowest BCUT2D eigenvalue weighted by atomic mass is 9.79. The molecule has 0 saturated carbocycles. The number of fused-ring (bicyclic) bond motifs is 6. The van der Waals surface area contributed by atoms with Gasteiger partial charge in [0, 0.05) is 38.1 Å². The zero-order valence-corrected chi connectivity index (χ0v) is 32.3. The number of anilines is 2. The molecule has 2 aliphatic rings. The Morgan fingerprint density at radius 3 is 1.11 bits per heavy atom. The van der Waals surface area contributed by atoms with Gasteiger partial charge in [-0.25, -0.2) is 9.80 Å². The van der Waals surface area contributed by atoms with Crippen molar-refractivity contribution in [3.8, 4) is 12.1 Å². The van der Waals surface area contributed by atoms with Crippen LogP contribution < -0.4 is 9.80 Å². The molecule has 4 amide bonds. The lowest BCUT2D eigenvalue weighted by Crippen LogP contribution is -2.40. The van der Waals surface area contributed by atoms with Crippen LogP contribution in [0.1, 0.15) is 52.6 Å². The molecule has 0 radical (unpaired) electrons. The van der Waals surface area contributed by atoms with Crippen LogP contribution in [0.2, 0.25) is 0 Å². The second kappa shape index (κ2) is 11.8. The first-order valence-electron chi connectivity index (χ1n) is 20.0. The SMILES string of the molecule is N#Cc1cc2c3c(cc(C#N)c4c5ccc6c7c(ccc(c1c34)c75)C(=O)N(c1ccc3cc4ccccc4cc3c1)C6=O)C(=O)N(c1ccc3cc4ccccc4cc3c1)C2=O. The zero-order valence-electron chi connectivity index (χ0n) is 32.3. The van der Waals surface area contributed by atoms with Crippen molar-refractivity contribution in [3.05, 3.63) is 179 Å². The standard InChI is InChI=1S/C54H24N4O4/c55-25-35-23-43-49-44(54(62)58(53(43)61)38-12-10-32-18-28-6-2-4-8-30(28)20-34(32)22-38)24-36(26-56)46-40-14-16-42-48-41(15-13-39(47(40)48)45(35)50(46)49)51(59)57(52(42)60)37-11-9-31-17-27-5-1-3-7-29(27)19-33(31)21-37/h1-24H. The summed E-state index contributed by atoms with van der Waals surface area (Å²) >= 11 is 0. The molecule has 0 saturated heterocycles. The maximum absolute atomic E-state index is 14.7. The predicted octanol–water partition coefficient (Wildman–Crippen LogP) is 11.7. The Morgan fingerprint density at radius 2 is 0.694 bits per heavy atom. The van der Waals surface area contributed by atoms with Gasteiger partial charge in [0.25, 0.3) is 23.6 Å². The molecule has 0 atom stereocenters. The number of benzene rings is 11. The number of carbonyl (C=O) groups is 4. The number of amides is 4. The second-order valence-corrected chi connectivity index (χ2v) is 16.1. The van der Waals surface area contributed by atoms with E-state index in [1.54, 1.807) is 36.4 Å². The lowest BCUT2D eigenvalue weighted by molar-refractivity contribution is 0.0877. The van der Waals surface area contributed by atoms with Gasteiger partial charge in [-0.3, -0.25) is 19.2 Å². The fourth-order valence-electron chi connectivity index (χ4n) is 10.2. The van der Waals surface area contributed by atoms with E-state index in [4.69, 9.17) is 0 Å². The van der Waals surface area contributed by atoms with E-state index in [1.807, 2.05) is 84.9 Å². The topological polar surface area (TPSA) is 122 Å². The van der Waals surface area contributed by atoms with Gasteiger partial charge in [0.05, 0.1) is 45.8 Å². The molecule has 0 spiro atoms. The summed E-state index contributed by atoms with van der Waals surface area (Å²) in [6.07, 6.45) is 0. The van der Waals surface area contributed by atoms with E-state index >= 15 is 0 Å². The molecule has 62 heavy (non-hydrogen) atoms. The average molecular weight is 793 g/mol. The molecule has 13 rings (SSSR count). The molecule has 0 aliphatic carbocycles. The zero-order chi connectivity index (χ0) is 41.7. The van der Waals surface area contributed by atoms with Crippen LogP contribution in [0.3, 0.4) is 0 Å². The van der Waals surface area contributed by atoms with Crippen molar-refractivity contribution < 1.29 is 19.2 Å². The summed E-state index contributed by atoms with van der Waals surface area (Å²) in [6, 6.07) is 49.7. The van der Waals surface area contributed by atoms with Gasteiger partial charge in [0.15, 0.2) is 0 Å². The Labute approximate surface area is 350 Å². The summed E-state index contributed by atoms with van der Waals surface area (Å²) in [5.41, 5.74) is 2.05. The Hall–Kier alpha value is -8.98. The highest BCUT2D eigenvalue weighted by atomic mass is 16.2. The van der Waals surface area contributed by atoms with Crippen molar-refractivity contribution in [2.45, 2.75) is 0 Å². The molecule has 8 heteroatoms. The van der Waals surface area contributed by atoms with Crippen molar-refractivity contribution in [2.75, 3.05) is 9.80 Å². The van der Waals surface area contributed by atoms with Crippen LogP contribution in [0.4, 0.5) is 11.4 Å². The average Bonchev–Trinajstić information content (AvgIpc) is 3.30. The van der Waals surface area contributed by atoms with E-state index in [0.29, 0.717) is 65.6 Å². The van der Waals surface area contributed by atoms with Crippen LogP contribution in [-0.4, -0.2) is 23.6 Å². The van der Waals surface area contributed by atoms with Gasteiger partial charge in [0.1, 0.15) is 0 Å². The molecule has 2 heterocycles. The van der Waals surface area contributed by atoms with Gasteiger partial charge in [-0.15, -0.1) is 0 Å². The van der Waals surface area contributed by atoms with Crippen LogP contribution in [-0.2, 0) is 0 Å². The summed E-state index contributed by atoms with van der Waals surface area (Å²) in [5.74, 6) is -2.17. The summed E-state index contributed by atoms with van der Waals surface area (Å²) in [7, 11) is 0. The van der Waals surface area contributed by atoms with Crippen LogP contribution in [0.25, 0.3) is 86.2 Å². The third kappa shape index (κ3) is 4.26. The Kier molecular flexibility index (Phi) is 6.47. The van der Waals surface area contributed by atoms with Gasteiger partial charge in [-0.05, 0) is 132 Å². The molecule has 8 nitrogen and oxygen atoms in total. The third-order valence-electron chi connectivity index (χ3n) is 13.0. The van der Waals surface area contributed by atoms with Gasteiger partial charge < -0.3 is 0 Å². The molecular weight excluding hydrogens is 769 g/mol. The largest absolute Gasteiger partial charge is 0.268 e. The highest BCUT2D eigenvalue weighted by Crippen LogP contribution is 2.49. The Bertz CT molecular complexity index is 3980. The van der Waals surface area contributed by atoms with E-state index in [2.05, 4.69) is 24.3 Å². The third-order valence-corrected chi connectivity index (χ3v) is 13.0. The molecule has 284 valence electrons. The van der Waals surface area contributed by atoms with E-state index in [-0.39, 0.29) is 22.3 Å². The van der Waals surface area contributed by atoms with Crippen molar-refractivity contribution >= 4 is 121 Å². The lowest BCUT2D eigenvalue weighted by Gasteiger charge is -2.31. The van der Waals surface area contributed by atoms with Crippen LogP contribution in [0, 0.1) is 22.7 Å². The first-order chi connectivity index (χ1) is 30.3. The monoisotopic (exact) mass is 792 g/mol. The van der Waals surface area contributed by atoms with E-state index < -0.39 is 23.6 Å². The number of nitrogens with zero attached hydrogens (tertiary/aromatic N) is 4.